The van der Waals surface area contributed by atoms with E-state index in [1.807, 2.05) is 12.4 Å². The summed E-state index contributed by atoms with van der Waals surface area (Å²) < 4.78 is 5.82. The highest BCUT2D eigenvalue weighted by atomic mass is 16.5. The Morgan fingerprint density at radius 2 is 1.58 bits per heavy atom. The zero-order valence-electron chi connectivity index (χ0n) is 17.0. The maximum Gasteiger partial charge on any atom is 0.130 e. The number of ether oxygens (including phenoxy) is 1. The van der Waals surface area contributed by atoms with Crippen LogP contribution in [0, 0.1) is 5.92 Å². The van der Waals surface area contributed by atoms with Crippen LogP contribution < -0.4 is 4.90 Å². The summed E-state index contributed by atoms with van der Waals surface area (Å²) >= 11 is 0. The van der Waals surface area contributed by atoms with Gasteiger partial charge < -0.3 is 9.64 Å². The molecular weight excluding hydrogens is 324 g/mol. The van der Waals surface area contributed by atoms with E-state index in [2.05, 4.69) is 47.5 Å². The molecule has 1 saturated heterocycles. The molecule has 146 valence electrons. The van der Waals surface area contributed by atoms with E-state index in [4.69, 9.17) is 4.74 Å². The van der Waals surface area contributed by atoms with Crippen LogP contribution in [0.25, 0.3) is 0 Å². The first-order chi connectivity index (χ1) is 12.5. The molecule has 26 heavy (non-hydrogen) atoms. The number of hydrogen-bond donors (Lipinski definition) is 0. The lowest BCUT2D eigenvalue weighted by Gasteiger charge is -2.42. The van der Waals surface area contributed by atoms with E-state index in [1.54, 1.807) is 0 Å². The van der Waals surface area contributed by atoms with Gasteiger partial charge in [-0.25, -0.2) is 9.97 Å². The van der Waals surface area contributed by atoms with Crippen molar-refractivity contribution < 1.29 is 4.74 Å². The largest absolute Gasteiger partial charge is 0.379 e. The zero-order valence-corrected chi connectivity index (χ0v) is 17.0. The van der Waals surface area contributed by atoms with E-state index in [9.17, 15) is 0 Å². The monoisotopic (exact) mass is 360 g/mol. The molecule has 1 saturated carbocycles. The molecule has 1 aliphatic carbocycles. The van der Waals surface area contributed by atoms with Crippen LogP contribution >= 0.6 is 0 Å². The second-order valence-electron chi connectivity index (χ2n) is 8.53. The SMILES string of the molecule is CC(C)OC[C@H]1CC[C@@H](N2CCN(c3cnc(C(C)C)nc3)CC2)CC1. The molecule has 5 nitrogen and oxygen atoms in total. The highest BCUT2D eigenvalue weighted by molar-refractivity contribution is 5.42. The number of aromatic nitrogens is 2. The van der Waals surface area contributed by atoms with Crippen LogP contribution in [0.2, 0.25) is 0 Å². The van der Waals surface area contributed by atoms with Crippen LogP contribution in [0.4, 0.5) is 5.69 Å². The molecule has 1 aromatic heterocycles. The van der Waals surface area contributed by atoms with Gasteiger partial charge in [0, 0.05) is 44.7 Å². The first-order valence-electron chi connectivity index (χ1n) is 10.5. The van der Waals surface area contributed by atoms with Gasteiger partial charge in [0.2, 0.25) is 0 Å². The van der Waals surface area contributed by atoms with Gasteiger partial charge in [-0.05, 0) is 45.4 Å². The highest BCUT2D eigenvalue weighted by Gasteiger charge is 2.28. The summed E-state index contributed by atoms with van der Waals surface area (Å²) in [5, 5.41) is 0. The standard InChI is InChI=1S/C21H36N4O/c1-16(2)21-22-13-20(14-23-21)25-11-9-24(10-12-25)19-7-5-18(6-8-19)15-26-17(3)4/h13-14,16-19H,5-12,15H2,1-4H3/t18-,19+. The van der Waals surface area contributed by atoms with Gasteiger partial charge in [0.15, 0.2) is 0 Å². The zero-order chi connectivity index (χ0) is 18.5. The van der Waals surface area contributed by atoms with Crippen LogP contribution in [0.3, 0.4) is 0 Å². The molecule has 0 radical (unpaired) electrons. The number of rotatable bonds is 6. The Bertz CT molecular complexity index is 529. The average Bonchev–Trinajstić information content (AvgIpc) is 2.67. The Balaban J connectivity index is 1.43. The topological polar surface area (TPSA) is 41.5 Å². The van der Waals surface area contributed by atoms with E-state index in [1.165, 1.54) is 31.4 Å². The van der Waals surface area contributed by atoms with Crippen molar-refractivity contribution in [2.24, 2.45) is 5.92 Å². The Morgan fingerprint density at radius 3 is 2.12 bits per heavy atom. The predicted octanol–water partition coefficient (Wildman–Crippen LogP) is 3.71. The molecule has 3 rings (SSSR count). The molecule has 0 amide bonds. The van der Waals surface area contributed by atoms with E-state index < -0.39 is 0 Å². The fourth-order valence-electron chi connectivity index (χ4n) is 4.14. The van der Waals surface area contributed by atoms with Gasteiger partial charge in [0.05, 0.1) is 24.2 Å². The molecule has 0 bridgehead atoms. The van der Waals surface area contributed by atoms with Crippen molar-refractivity contribution in [1.29, 1.82) is 0 Å². The fraction of sp³-hybridized carbons (Fsp3) is 0.810. The van der Waals surface area contributed by atoms with Crippen LogP contribution in [0.1, 0.15) is 65.1 Å². The number of hydrogen-bond acceptors (Lipinski definition) is 5. The molecule has 1 aromatic rings. The Morgan fingerprint density at radius 1 is 0.962 bits per heavy atom. The van der Waals surface area contributed by atoms with E-state index in [0.717, 1.165) is 50.6 Å². The summed E-state index contributed by atoms with van der Waals surface area (Å²) in [6.07, 6.45) is 9.66. The summed E-state index contributed by atoms with van der Waals surface area (Å²) in [5.41, 5.74) is 1.17. The Labute approximate surface area is 159 Å². The van der Waals surface area contributed by atoms with Gasteiger partial charge in [-0.2, -0.15) is 0 Å². The Hall–Kier alpha value is -1.20. The van der Waals surface area contributed by atoms with Crippen molar-refractivity contribution in [2.45, 2.75) is 71.4 Å². The van der Waals surface area contributed by atoms with Gasteiger partial charge in [-0.15, -0.1) is 0 Å². The molecule has 0 unspecified atom stereocenters. The third kappa shape index (κ3) is 5.17. The first kappa shape index (κ1) is 19.6. The lowest BCUT2D eigenvalue weighted by Crippen LogP contribution is -2.51. The van der Waals surface area contributed by atoms with Crippen LogP contribution in [0.15, 0.2) is 12.4 Å². The van der Waals surface area contributed by atoms with Gasteiger partial charge in [0.25, 0.3) is 0 Å². The highest BCUT2D eigenvalue weighted by Crippen LogP contribution is 2.29. The van der Waals surface area contributed by atoms with Crippen molar-refractivity contribution in [2.75, 3.05) is 37.7 Å². The van der Waals surface area contributed by atoms with Crippen molar-refractivity contribution in [3.8, 4) is 0 Å². The Kier molecular flexibility index (Phi) is 6.87. The minimum Gasteiger partial charge on any atom is -0.379 e. The molecular formula is C21H36N4O. The summed E-state index contributed by atoms with van der Waals surface area (Å²) in [5.74, 6) is 2.10. The molecule has 2 heterocycles. The van der Waals surface area contributed by atoms with Crippen molar-refractivity contribution in [3.63, 3.8) is 0 Å². The quantitative estimate of drug-likeness (QED) is 0.774. The van der Waals surface area contributed by atoms with E-state index in [-0.39, 0.29) is 0 Å². The molecule has 0 atom stereocenters. The maximum atomic E-state index is 5.82. The number of piperazine rings is 1. The summed E-state index contributed by atoms with van der Waals surface area (Å²) in [6, 6.07) is 0.770. The smallest absolute Gasteiger partial charge is 0.130 e. The van der Waals surface area contributed by atoms with Crippen molar-refractivity contribution in [1.82, 2.24) is 14.9 Å². The number of anilines is 1. The third-order valence-electron chi connectivity index (χ3n) is 5.85. The normalized spacial score (nSPS) is 25.2. The van der Waals surface area contributed by atoms with Gasteiger partial charge in [0.1, 0.15) is 5.82 Å². The lowest BCUT2D eigenvalue weighted by atomic mass is 9.85. The van der Waals surface area contributed by atoms with Crippen LogP contribution in [-0.2, 0) is 4.74 Å². The number of nitrogens with zero attached hydrogens (tertiary/aromatic N) is 4. The molecule has 5 heteroatoms. The second-order valence-corrected chi connectivity index (χ2v) is 8.53. The van der Waals surface area contributed by atoms with Crippen molar-refractivity contribution >= 4 is 5.69 Å². The first-order valence-corrected chi connectivity index (χ1v) is 10.5. The summed E-state index contributed by atoms with van der Waals surface area (Å²) in [6.45, 7) is 14.0. The summed E-state index contributed by atoms with van der Waals surface area (Å²) in [4.78, 5) is 14.2. The molecule has 1 aliphatic heterocycles. The van der Waals surface area contributed by atoms with Crippen LogP contribution in [0.5, 0.6) is 0 Å². The minimum absolute atomic E-state index is 0.361. The molecule has 0 N–H and O–H groups in total. The summed E-state index contributed by atoms with van der Waals surface area (Å²) in [7, 11) is 0. The lowest BCUT2D eigenvalue weighted by molar-refractivity contribution is 0.0292. The predicted molar refractivity (Wildman–Crippen MR) is 107 cm³/mol. The maximum absolute atomic E-state index is 5.82. The molecule has 2 fully saturated rings. The third-order valence-corrected chi connectivity index (χ3v) is 5.85. The van der Waals surface area contributed by atoms with Crippen LogP contribution in [-0.4, -0.2) is 59.8 Å². The molecule has 0 aromatic carbocycles. The average molecular weight is 361 g/mol. The fourth-order valence-corrected chi connectivity index (χ4v) is 4.14. The van der Waals surface area contributed by atoms with E-state index in [0.29, 0.717) is 12.0 Å². The van der Waals surface area contributed by atoms with Crippen molar-refractivity contribution in [3.05, 3.63) is 18.2 Å². The van der Waals surface area contributed by atoms with E-state index >= 15 is 0 Å². The van der Waals surface area contributed by atoms with Gasteiger partial charge >= 0.3 is 0 Å². The molecule has 2 aliphatic rings. The van der Waals surface area contributed by atoms with Gasteiger partial charge in [-0.3, -0.25) is 4.90 Å². The minimum atomic E-state index is 0.361. The second kappa shape index (κ2) is 9.14. The van der Waals surface area contributed by atoms with Gasteiger partial charge in [-0.1, -0.05) is 13.8 Å². The molecule has 0 spiro atoms.